The van der Waals surface area contributed by atoms with Crippen molar-refractivity contribution in [1.29, 1.82) is 0 Å². The molecule has 2 rings (SSSR count). The molecule has 0 radical (unpaired) electrons. The van der Waals surface area contributed by atoms with Gasteiger partial charge in [-0.15, -0.1) is 0 Å². The van der Waals surface area contributed by atoms with Crippen LogP contribution in [0.5, 0.6) is 0 Å². The quantitative estimate of drug-likeness (QED) is 0.447. The molecule has 1 saturated heterocycles. The van der Waals surface area contributed by atoms with Gasteiger partial charge in [-0.2, -0.15) is 0 Å². The average Bonchev–Trinajstić information content (AvgIpc) is 3.16. The first kappa shape index (κ1) is 19.7. The van der Waals surface area contributed by atoms with Gasteiger partial charge in [-0.05, 0) is 26.2 Å². The number of urea groups is 2. The Balaban J connectivity index is 1.72. The molecule has 0 unspecified atom stereocenters. The minimum absolute atomic E-state index is 0.0536. The van der Waals surface area contributed by atoms with E-state index < -0.39 is 48.5 Å². The monoisotopic (exact) mass is 368 g/mol. The van der Waals surface area contributed by atoms with Crippen LogP contribution in [-0.4, -0.2) is 59.5 Å². The van der Waals surface area contributed by atoms with Gasteiger partial charge >= 0.3 is 18.0 Å². The summed E-state index contributed by atoms with van der Waals surface area (Å²) < 4.78 is 4.73. The zero-order chi connectivity index (χ0) is 19.3. The van der Waals surface area contributed by atoms with Crippen molar-refractivity contribution < 1.29 is 28.7 Å². The summed E-state index contributed by atoms with van der Waals surface area (Å²) in [5.74, 6) is -2.23. The summed E-state index contributed by atoms with van der Waals surface area (Å²) >= 11 is 0. The van der Waals surface area contributed by atoms with Crippen LogP contribution in [0.2, 0.25) is 0 Å². The molecule has 144 valence electrons. The first-order chi connectivity index (χ1) is 12.2. The molecule has 1 aliphatic heterocycles. The van der Waals surface area contributed by atoms with E-state index >= 15 is 0 Å². The maximum absolute atomic E-state index is 12.2. The second kappa shape index (κ2) is 8.15. The van der Waals surface area contributed by atoms with Gasteiger partial charge in [-0.1, -0.05) is 19.8 Å². The van der Waals surface area contributed by atoms with Crippen LogP contribution in [0.4, 0.5) is 9.59 Å². The summed E-state index contributed by atoms with van der Waals surface area (Å²) in [5.41, 5.74) is -1.05. The Labute approximate surface area is 151 Å². The lowest BCUT2D eigenvalue weighted by Crippen LogP contribution is -2.45. The SMILES string of the molecule is CC[C@]1(C)NC(=O)N(CC(=O)OCC(=O)NC(=O)NC2CCCC2)C1=O. The number of carbonyl (C=O) groups is 5. The molecule has 0 aromatic rings. The first-order valence-corrected chi connectivity index (χ1v) is 8.65. The highest BCUT2D eigenvalue weighted by atomic mass is 16.5. The molecule has 2 fully saturated rings. The number of hydrogen-bond donors (Lipinski definition) is 3. The van der Waals surface area contributed by atoms with Crippen molar-refractivity contribution in [2.75, 3.05) is 13.2 Å². The highest BCUT2D eigenvalue weighted by molar-refractivity contribution is 6.08. The maximum atomic E-state index is 12.2. The largest absolute Gasteiger partial charge is 0.454 e. The van der Waals surface area contributed by atoms with E-state index in [1.807, 2.05) is 0 Å². The number of hydrogen-bond acceptors (Lipinski definition) is 6. The normalized spacial score (nSPS) is 22.9. The molecule has 0 bridgehead atoms. The number of rotatable bonds is 6. The number of ether oxygens (including phenoxy) is 1. The van der Waals surface area contributed by atoms with Gasteiger partial charge in [0.15, 0.2) is 6.61 Å². The number of esters is 1. The van der Waals surface area contributed by atoms with Crippen molar-refractivity contribution in [2.45, 2.75) is 57.5 Å². The molecule has 0 aromatic carbocycles. The molecule has 1 heterocycles. The average molecular weight is 368 g/mol. The van der Waals surface area contributed by atoms with E-state index in [9.17, 15) is 24.0 Å². The Morgan fingerprint density at radius 2 is 1.92 bits per heavy atom. The Morgan fingerprint density at radius 3 is 2.50 bits per heavy atom. The van der Waals surface area contributed by atoms with Gasteiger partial charge in [-0.3, -0.25) is 24.6 Å². The number of imide groups is 2. The van der Waals surface area contributed by atoms with Crippen molar-refractivity contribution in [3.05, 3.63) is 0 Å². The first-order valence-electron chi connectivity index (χ1n) is 8.65. The van der Waals surface area contributed by atoms with Crippen LogP contribution in [-0.2, 0) is 19.1 Å². The molecule has 1 saturated carbocycles. The fourth-order valence-electron chi connectivity index (χ4n) is 2.91. The topological polar surface area (TPSA) is 134 Å². The van der Waals surface area contributed by atoms with Gasteiger partial charge in [0.25, 0.3) is 11.8 Å². The van der Waals surface area contributed by atoms with Crippen molar-refractivity contribution >= 4 is 29.8 Å². The van der Waals surface area contributed by atoms with Gasteiger partial charge in [-0.25, -0.2) is 9.59 Å². The number of nitrogens with one attached hydrogen (secondary N) is 3. The summed E-state index contributed by atoms with van der Waals surface area (Å²) in [6.07, 6.45) is 4.20. The molecule has 6 amide bonds. The zero-order valence-electron chi connectivity index (χ0n) is 14.9. The maximum Gasteiger partial charge on any atom is 0.326 e. The van der Waals surface area contributed by atoms with E-state index in [4.69, 9.17) is 4.74 Å². The van der Waals surface area contributed by atoms with Crippen LogP contribution >= 0.6 is 0 Å². The summed E-state index contributed by atoms with van der Waals surface area (Å²) in [7, 11) is 0. The highest BCUT2D eigenvalue weighted by Gasteiger charge is 2.47. The van der Waals surface area contributed by atoms with Gasteiger partial charge in [0, 0.05) is 6.04 Å². The third-order valence-electron chi connectivity index (χ3n) is 4.65. The molecular formula is C16H24N4O6. The Hall–Kier alpha value is -2.65. The summed E-state index contributed by atoms with van der Waals surface area (Å²) in [6, 6.07) is -1.26. The predicted octanol–water partition coefficient (Wildman–Crippen LogP) is 0.0185. The van der Waals surface area contributed by atoms with Crippen LogP contribution in [0.15, 0.2) is 0 Å². The Kier molecular flexibility index (Phi) is 6.17. The van der Waals surface area contributed by atoms with Gasteiger partial charge in [0.05, 0.1) is 0 Å². The molecule has 1 aliphatic carbocycles. The molecule has 0 spiro atoms. The fraction of sp³-hybridized carbons (Fsp3) is 0.688. The van der Waals surface area contributed by atoms with Crippen LogP contribution in [0.3, 0.4) is 0 Å². The standard InChI is InChI=1S/C16H24N4O6/c1-3-16(2)13(23)20(15(25)19-16)8-12(22)26-9-11(21)18-14(24)17-10-6-4-5-7-10/h10H,3-9H2,1-2H3,(H,19,25)(H2,17,18,21,24)/t16-/m0/s1. The summed E-state index contributed by atoms with van der Waals surface area (Å²) in [4.78, 5) is 59.8. The van der Waals surface area contributed by atoms with Crippen LogP contribution in [0.1, 0.15) is 46.0 Å². The van der Waals surface area contributed by atoms with Gasteiger partial charge in [0.1, 0.15) is 12.1 Å². The predicted molar refractivity (Wildman–Crippen MR) is 88.8 cm³/mol. The molecular weight excluding hydrogens is 344 g/mol. The smallest absolute Gasteiger partial charge is 0.326 e. The molecule has 1 atom stereocenters. The molecule has 0 aromatic heterocycles. The van der Waals surface area contributed by atoms with Gasteiger partial charge in [0.2, 0.25) is 0 Å². The Bertz CT molecular complexity index is 616. The third kappa shape index (κ3) is 4.70. The van der Waals surface area contributed by atoms with Crippen molar-refractivity contribution in [2.24, 2.45) is 0 Å². The lowest BCUT2D eigenvalue weighted by molar-refractivity contribution is -0.150. The minimum atomic E-state index is -1.05. The molecule has 3 N–H and O–H groups in total. The lowest BCUT2D eigenvalue weighted by Gasteiger charge is -2.18. The van der Waals surface area contributed by atoms with E-state index in [0.717, 1.165) is 30.6 Å². The lowest BCUT2D eigenvalue weighted by atomic mass is 9.99. The second-order valence-electron chi connectivity index (χ2n) is 6.67. The second-order valence-corrected chi connectivity index (χ2v) is 6.67. The minimum Gasteiger partial charge on any atom is -0.454 e. The van der Waals surface area contributed by atoms with E-state index in [1.54, 1.807) is 13.8 Å². The Morgan fingerprint density at radius 1 is 1.27 bits per heavy atom. The van der Waals surface area contributed by atoms with Crippen molar-refractivity contribution in [3.8, 4) is 0 Å². The molecule has 26 heavy (non-hydrogen) atoms. The van der Waals surface area contributed by atoms with Crippen molar-refractivity contribution in [3.63, 3.8) is 0 Å². The summed E-state index contributed by atoms with van der Waals surface area (Å²) in [6.45, 7) is 2.03. The van der Waals surface area contributed by atoms with E-state index in [1.165, 1.54) is 0 Å². The molecule has 2 aliphatic rings. The van der Waals surface area contributed by atoms with E-state index in [-0.39, 0.29) is 6.04 Å². The van der Waals surface area contributed by atoms with E-state index in [2.05, 4.69) is 16.0 Å². The highest BCUT2D eigenvalue weighted by Crippen LogP contribution is 2.20. The van der Waals surface area contributed by atoms with E-state index in [0.29, 0.717) is 6.42 Å². The van der Waals surface area contributed by atoms with Crippen LogP contribution in [0.25, 0.3) is 0 Å². The van der Waals surface area contributed by atoms with Gasteiger partial charge < -0.3 is 15.4 Å². The number of nitrogens with zero attached hydrogens (tertiary/aromatic N) is 1. The zero-order valence-corrected chi connectivity index (χ0v) is 14.9. The third-order valence-corrected chi connectivity index (χ3v) is 4.65. The molecule has 10 heteroatoms. The summed E-state index contributed by atoms with van der Waals surface area (Å²) in [5, 5.41) is 7.24. The number of amides is 6. The number of carbonyl (C=O) groups excluding carboxylic acids is 5. The van der Waals surface area contributed by atoms with Crippen LogP contribution < -0.4 is 16.0 Å². The fourth-order valence-corrected chi connectivity index (χ4v) is 2.91. The van der Waals surface area contributed by atoms with Crippen molar-refractivity contribution in [1.82, 2.24) is 20.9 Å². The van der Waals surface area contributed by atoms with Crippen LogP contribution in [0, 0.1) is 0 Å². The molecule has 10 nitrogen and oxygen atoms in total.